The van der Waals surface area contributed by atoms with Gasteiger partial charge in [0, 0.05) is 38.7 Å². The molecule has 4 aliphatic heterocycles. The van der Waals surface area contributed by atoms with Crippen LogP contribution in [0.2, 0.25) is 0 Å². The number of fused-ring (bicyclic) bond motifs is 3. The third-order valence-electron chi connectivity index (χ3n) is 8.66. The Bertz CT molecular complexity index is 992. The molecule has 1 spiro atoms. The number of carbonyl (C=O) groups excluding carboxylic acids is 2. The monoisotopic (exact) mass is 426 g/mol. The molecule has 4 heterocycles. The van der Waals surface area contributed by atoms with Gasteiger partial charge < -0.3 is 19.5 Å². The number of esters is 2. The summed E-state index contributed by atoms with van der Waals surface area (Å²) in [7, 11) is 3.42. The van der Waals surface area contributed by atoms with Gasteiger partial charge in [0.15, 0.2) is 0 Å². The van der Waals surface area contributed by atoms with Gasteiger partial charge in [-0.3, -0.25) is 14.5 Å². The second-order valence-corrected chi connectivity index (χ2v) is 9.25. The number of likely N-dealkylation sites (N-methyl/N-ethyl adjacent to an activating group) is 1. The lowest BCUT2D eigenvalue weighted by molar-refractivity contribution is -0.195. The van der Waals surface area contributed by atoms with Crippen molar-refractivity contribution in [1.82, 2.24) is 4.90 Å². The van der Waals surface area contributed by atoms with Gasteiger partial charge in [0.1, 0.15) is 17.2 Å². The van der Waals surface area contributed by atoms with Crippen molar-refractivity contribution in [1.29, 1.82) is 0 Å². The van der Waals surface area contributed by atoms with Crippen molar-refractivity contribution in [2.45, 2.75) is 43.9 Å². The number of ether oxygens (including phenoxy) is 2. The number of benzene rings is 1. The van der Waals surface area contributed by atoms with Crippen LogP contribution in [-0.2, 0) is 24.5 Å². The van der Waals surface area contributed by atoms with Crippen LogP contribution in [-0.4, -0.2) is 67.6 Å². The van der Waals surface area contributed by atoms with Crippen LogP contribution < -0.4 is 4.90 Å². The summed E-state index contributed by atoms with van der Waals surface area (Å²) in [6.45, 7) is 4.49. The van der Waals surface area contributed by atoms with Crippen LogP contribution in [0.3, 0.4) is 0 Å². The van der Waals surface area contributed by atoms with Crippen molar-refractivity contribution in [2.24, 2.45) is 11.3 Å². The Labute approximate surface area is 182 Å². The van der Waals surface area contributed by atoms with Gasteiger partial charge in [0.25, 0.3) is 0 Å². The fourth-order valence-corrected chi connectivity index (χ4v) is 7.86. The molecular weight excluding hydrogens is 396 g/mol. The van der Waals surface area contributed by atoms with Gasteiger partial charge in [-0.05, 0) is 31.4 Å². The van der Waals surface area contributed by atoms with E-state index >= 15 is 0 Å². The maximum absolute atomic E-state index is 13.7. The lowest BCUT2D eigenvalue weighted by Crippen LogP contribution is -2.77. The summed E-state index contributed by atoms with van der Waals surface area (Å²) in [5, 5.41) is 11.1. The molecule has 1 aromatic rings. The average Bonchev–Trinajstić information content (AvgIpc) is 3.15. The highest BCUT2D eigenvalue weighted by Crippen LogP contribution is 2.74. The number of hydrogen-bond donors (Lipinski definition) is 1. The predicted molar refractivity (Wildman–Crippen MR) is 114 cm³/mol. The van der Waals surface area contributed by atoms with E-state index in [2.05, 4.69) is 28.0 Å². The number of aliphatic hydroxyl groups excluding tert-OH is 1. The van der Waals surface area contributed by atoms with E-state index in [4.69, 9.17) is 9.47 Å². The van der Waals surface area contributed by atoms with Crippen LogP contribution in [0.5, 0.6) is 0 Å². The largest absolute Gasteiger partial charge is 0.468 e. The molecular formula is C24H30N2O5. The highest BCUT2D eigenvalue weighted by molar-refractivity contribution is 5.86. The van der Waals surface area contributed by atoms with E-state index in [9.17, 15) is 14.7 Å². The number of para-hydroxylation sites is 1. The van der Waals surface area contributed by atoms with E-state index in [0.717, 1.165) is 23.4 Å². The maximum atomic E-state index is 13.7. The first-order chi connectivity index (χ1) is 14.9. The molecule has 0 aromatic heterocycles. The fourth-order valence-electron chi connectivity index (χ4n) is 7.86. The minimum Gasteiger partial charge on any atom is -0.468 e. The van der Waals surface area contributed by atoms with Gasteiger partial charge in [-0.2, -0.15) is 0 Å². The molecule has 1 N–H and O–H groups in total. The molecule has 1 aliphatic carbocycles. The molecule has 5 aliphatic rings. The maximum Gasteiger partial charge on any atom is 0.315 e. The lowest BCUT2D eigenvalue weighted by atomic mass is 9.45. The third kappa shape index (κ3) is 1.98. The molecule has 6 rings (SSSR count). The summed E-state index contributed by atoms with van der Waals surface area (Å²) in [4.78, 5) is 30.6. The van der Waals surface area contributed by atoms with Crippen LogP contribution >= 0.6 is 0 Å². The second kappa shape index (κ2) is 6.56. The topological polar surface area (TPSA) is 79.3 Å². The van der Waals surface area contributed by atoms with Crippen LogP contribution in [0.25, 0.3) is 0 Å². The van der Waals surface area contributed by atoms with Gasteiger partial charge >= 0.3 is 11.9 Å². The minimum absolute atomic E-state index is 0.294. The van der Waals surface area contributed by atoms with E-state index in [-0.39, 0.29) is 24.5 Å². The zero-order valence-corrected chi connectivity index (χ0v) is 18.6. The molecule has 1 aromatic carbocycles. The summed E-state index contributed by atoms with van der Waals surface area (Å²) in [5.74, 6) is -1.02. The highest BCUT2D eigenvalue weighted by atomic mass is 16.5. The summed E-state index contributed by atoms with van der Waals surface area (Å²) in [6, 6.07) is 8.09. The Morgan fingerprint density at radius 1 is 1.32 bits per heavy atom. The third-order valence-corrected chi connectivity index (χ3v) is 8.66. The van der Waals surface area contributed by atoms with Gasteiger partial charge in [-0.1, -0.05) is 29.8 Å². The predicted octanol–water partition coefficient (Wildman–Crippen LogP) is 1.84. The molecule has 7 nitrogen and oxygen atoms in total. The standard InChI is InChI=1S/C24H30N2O5/c1-5-16-13-26-11-10-23-17-8-6-7-9-19(17)25(3)24(23,26)20(31-15(2)28)12-18(16)22(23,14-27)21(29)30-4/h5-9,18,20,27H,10-14H2,1-4H3. The highest BCUT2D eigenvalue weighted by Gasteiger charge is 2.84. The van der Waals surface area contributed by atoms with Crippen LogP contribution in [0, 0.1) is 11.3 Å². The number of carbonyl (C=O) groups is 2. The van der Waals surface area contributed by atoms with Crippen molar-refractivity contribution < 1.29 is 24.2 Å². The lowest BCUT2D eigenvalue weighted by Gasteiger charge is -2.61. The Kier molecular flexibility index (Phi) is 4.34. The number of allylic oxidation sites excluding steroid dienone is 1. The van der Waals surface area contributed by atoms with Crippen molar-refractivity contribution in [3.63, 3.8) is 0 Å². The summed E-state index contributed by atoms with van der Waals surface area (Å²) >= 11 is 0. The average molecular weight is 427 g/mol. The molecule has 1 saturated carbocycles. The summed E-state index contributed by atoms with van der Waals surface area (Å²) in [5.41, 5.74) is 0.399. The molecule has 166 valence electrons. The fraction of sp³-hybridized carbons (Fsp3) is 0.583. The molecule has 7 heteroatoms. The molecule has 4 bridgehead atoms. The number of hydrogen-bond acceptors (Lipinski definition) is 7. The van der Waals surface area contributed by atoms with Crippen LogP contribution in [0.15, 0.2) is 35.9 Å². The molecule has 6 unspecified atom stereocenters. The number of methoxy groups -OCH3 is 1. The molecule has 31 heavy (non-hydrogen) atoms. The van der Waals surface area contributed by atoms with Crippen molar-refractivity contribution >= 4 is 17.6 Å². The molecule has 0 radical (unpaired) electrons. The minimum atomic E-state index is -1.17. The van der Waals surface area contributed by atoms with Gasteiger partial charge in [0.2, 0.25) is 0 Å². The first-order valence-electron chi connectivity index (χ1n) is 11.0. The Hall–Kier alpha value is -2.38. The van der Waals surface area contributed by atoms with E-state index in [1.54, 1.807) is 0 Å². The molecule has 4 fully saturated rings. The molecule has 6 atom stereocenters. The first-order valence-corrected chi connectivity index (χ1v) is 11.0. The number of aliphatic hydroxyl groups is 1. The van der Waals surface area contributed by atoms with Crippen molar-refractivity contribution in [3.8, 4) is 0 Å². The Morgan fingerprint density at radius 3 is 2.71 bits per heavy atom. The second-order valence-electron chi connectivity index (χ2n) is 9.25. The zero-order valence-electron chi connectivity index (χ0n) is 18.6. The van der Waals surface area contributed by atoms with Crippen LogP contribution in [0.1, 0.15) is 32.3 Å². The Morgan fingerprint density at radius 2 is 2.06 bits per heavy atom. The summed E-state index contributed by atoms with van der Waals surface area (Å²) in [6.07, 6.45) is 2.75. The number of nitrogens with zero attached hydrogens (tertiary/aromatic N) is 2. The summed E-state index contributed by atoms with van der Waals surface area (Å²) < 4.78 is 11.5. The molecule has 0 amide bonds. The number of rotatable bonds is 3. The van der Waals surface area contributed by atoms with Gasteiger partial charge in [-0.15, -0.1) is 0 Å². The van der Waals surface area contributed by atoms with Crippen LogP contribution in [0.4, 0.5) is 5.69 Å². The first kappa shape index (κ1) is 20.5. The van der Waals surface area contributed by atoms with E-state index in [1.807, 2.05) is 26.1 Å². The van der Waals surface area contributed by atoms with Gasteiger partial charge in [-0.25, -0.2) is 0 Å². The van der Waals surface area contributed by atoms with E-state index in [0.29, 0.717) is 19.4 Å². The van der Waals surface area contributed by atoms with Gasteiger partial charge in [0.05, 0.1) is 19.1 Å². The SMILES string of the molecule is CC=C1CN2CCC34c5ccccc5N(C)C23C(OC(C)=O)CC1C4(CO)C(=O)OC. The Balaban J connectivity index is 1.94. The van der Waals surface area contributed by atoms with Crippen molar-refractivity contribution in [2.75, 3.05) is 38.8 Å². The normalized spacial score (nSPS) is 41.0. The van der Waals surface area contributed by atoms with Crippen molar-refractivity contribution in [3.05, 3.63) is 41.5 Å². The van der Waals surface area contributed by atoms with E-state index < -0.39 is 22.6 Å². The smallest absolute Gasteiger partial charge is 0.315 e. The molecule has 3 saturated heterocycles. The number of anilines is 1. The quantitative estimate of drug-likeness (QED) is 0.584. The zero-order chi connectivity index (χ0) is 22.2. The van der Waals surface area contributed by atoms with E-state index in [1.165, 1.54) is 14.0 Å².